The molecule has 1 nitrogen and oxygen atoms in total. The van der Waals surface area contributed by atoms with Gasteiger partial charge in [-0.2, -0.15) is 11.3 Å². The van der Waals surface area contributed by atoms with Crippen LogP contribution in [0.5, 0.6) is 0 Å². The van der Waals surface area contributed by atoms with E-state index >= 15 is 0 Å². The molecule has 1 aliphatic carbocycles. The first kappa shape index (κ1) is 24.0. The standard InChI is InChI=1S/C26H38NSSi2/c1-29(2,3)25-13-12-24(26(25)30(4,5)6)15-18-27(17-14-23-16-19-28-21-23)20-22-10-8-7-9-11-22/h7-13,16,19,21H,14-15,17-18,20H2,1-6H3. The van der Waals surface area contributed by atoms with Crippen LogP contribution in [0.15, 0.2) is 47.2 Å². The van der Waals surface area contributed by atoms with Crippen molar-refractivity contribution in [3.63, 3.8) is 0 Å². The lowest BCUT2D eigenvalue weighted by Crippen LogP contribution is -2.44. The molecule has 0 atom stereocenters. The van der Waals surface area contributed by atoms with Crippen molar-refractivity contribution in [2.45, 2.75) is 58.7 Å². The third-order valence-corrected chi connectivity index (χ3v) is 10.9. The number of benzene rings is 1. The average molecular weight is 453 g/mol. The molecule has 1 heterocycles. The summed E-state index contributed by atoms with van der Waals surface area (Å²) in [6, 6.07) is 13.2. The van der Waals surface area contributed by atoms with Crippen molar-refractivity contribution in [3.8, 4) is 0 Å². The Balaban J connectivity index is 1.67. The smallest absolute Gasteiger partial charge is 0.0520 e. The maximum atomic E-state index is 2.65. The molecular weight excluding hydrogens is 415 g/mol. The molecule has 1 aliphatic rings. The van der Waals surface area contributed by atoms with Crippen molar-refractivity contribution in [3.05, 3.63) is 88.1 Å². The predicted octanol–water partition coefficient (Wildman–Crippen LogP) is 7.08. The lowest BCUT2D eigenvalue weighted by atomic mass is 10.0. The van der Waals surface area contributed by atoms with Crippen molar-refractivity contribution in [2.24, 2.45) is 0 Å². The van der Waals surface area contributed by atoms with Gasteiger partial charge in [-0.1, -0.05) is 69.6 Å². The number of rotatable bonds is 10. The highest BCUT2D eigenvalue weighted by atomic mass is 32.1. The minimum atomic E-state index is -1.37. The number of thiophene rings is 1. The van der Waals surface area contributed by atoms with Crippen LogP contribution in [-0.4, -0.2) is 34.1 Å². The monoisotopic (exact) mass is 452 g/mol. The molecule has 3 rings (SSSR count). The van der Waals surface area contributed by atoms with Gasteiger partial charge in [0.25, 0.3) is 0 Å². The van der Waals surface area contributed by atoms with Gasteiger partial charge in [0, 0.05) is 13.1 Å². The van der Waals surface area contributed by atoms with E-state index in [1.807, 2.05) is 0 Å². The van der Waals surface area contributed by atoms with Crippen molar-refractivity contribution in [2.75, 3.05) is 13.1 Å². The first-order valence-corrected chi connectivity index (χ1v) is 19.2. The fourth-order valence-corrected chi connectivity index (χ4v) is 10.9. The van der Waals surface area contributed by atoms with Crippen LogP contribution in [-0.2, 0) is 13.0 Å². The van der Waals surface area contributed by atoms with Crippen LogP contribution in [0, 0.1) is 29.8 Å². The SMILES string of the molecule is C[Si](C)(C)[C]1[CH][CH][C](CCN(CCc2ccsc2)Cc2ccccc2)[C]1[Si](C)(C)C. The number of hydrogen-bond acceptors (Lipinski definition) is 2. The van der Waals surface area contributed by atoms with Gasteiger partial charge in [-0.3, -0.25) is 4.90 Å². The average Bonchev–Trinajstić information content (AvgIpc) is 3.33. The first-order valence-electron chi connectivity index (χ1n) is 11.2. The molecule has 161 valence electrons. The summed E-state index contributed by atoms with van der Waals surface area (Å²) < 4.78 is 0. The van der Waals surface area contributed by atoms with Gasteiger partial charge < -0.3 is 0 Å². The van der Waals surface area contributed by atoms with E-state index in [4.69, 9.17) is 0 Å². The van der Waals surface area contributed by atoms with Gasteiger partial charge in [0.05, 0.1) is 16.1 Å². The third kappa shape index (κ3) is 6.65. The van der Waals surface area contributed by atoms with E-state index in [1.54, 1.807) is 28.3 Å². The van der Waals surface area contributed by atoms with Gasteiger partial charge in [-0.15, -0.1) is 0 Å². The molecular formula is C26H38NSSi2. The summed E-state index contributed by atoms with van der Waals surface area (Å²) >= 11 is 1.81. The minimum Gasteiger partial charge on any atom is -0.299 e. The van der Waals surface area contributed by atoms with E-state index in [0.29, 0.717) is 0 Å². The quantitative estimate of drug-likeness (QED) is 0.348. The highest BCUT2D eigenvalue weighted by Gasteiger charge is 2.49. The van der Waals surface area contributed by atoms with Crippen LogP contribution in [0.25, 0.3) is 0 Å². The van der Waals surface area contributed by atoms with Gasteiger partial charge in [0.1, 0.15) is 0 Å². The maximum absolute atomic E-state index is 2.65. The summed E-state index contributed by atoms with van der Waals surface area (Å²) in [5.41, 5.74) is 6.36. The van der Waals surface area contributed by atoms with Crippen LogP contribution >= 0.6 is 11.3 Å². The summed E-state index contributed by atoms with van der Waals surface area (Å²) in [6.45, 7) is 18.3. The fourth-order valence-electron chi connectivity index (χ4n) is 4.35. The molecule has 0 bridgehead atoms. The molecule has 2 aromatic rings. The highest BCUT2D eigenvalue weighted by Crippen LogP contribution is 2.51. The van der Waals surface area contributed by atoms with E-state index in [2.05, 4.69) is 104 Å². The minimum absolute atomic E-state index is 1.04. The molecule has 5 radical (unpaired) electrons. The second-order valence-electron chi connectivity index (χ2n) is 10.5. The van der Waals surface area contributed by atoms with E-state index in [-0.39, 0.29) is 0 Å². The van der Waals surface area contributed by atoms with Gasteiger partial charge in [-0.25, -0.2) is 0 Å². The molecule has 0 amide bonds. The normalized spacial score (nSPS) is 17.3. The third-order valence-electron chi connectivity index (χ3n) is 5.84. The predicted molar refractivity (Wildman–Crippen MR) is 139 cm³/mol. The van der Waals surface area contributed by atoms with Gasteiger partial charge in [0.2, 0.25) is 0 Å². The highest BCUT2D eigenvalue weighted by molar-refractivity contribution is 7.07. The molecule has 1 aromatic heterocycles. The Hall–Kier alpha value is -0.686. The molecule has 0 saturated heterocycles. The number of hydrogen-bond donors (Lipinski definition) is 0. The van der Waals surface area contributed by atoms with E-state index in [0.717, 1.165) is 26.1 Å². The largest absolute Gasteiger partial charge is 0.299 e. The van der Waals surface area contributed by atoms with Crippen LogP contribution in [0.3, 0.4) is 0 Å². The van der Waals surface area contributed by atoms with Crippen molar-refractivity contribution < 1.29 is 0 Å². The zero-order valence-corrected chi connectivity index (χ0v) is 22.5. The summed E-state index contributed by atoms with van der Waals surface area (Å²) in [5.74, 6) is 1.63. The maximum Gasteiger partial charge on any atom is 0.0520 e. The molecule has 1 aromatic carbocycles. The molecule has 30 heavy (non-hydrogen) atoms. The summed E-state index contributed by atoms with van der Waals surface area (Å²) in [7, 11) is -2.68. The number of nitrogens with zero attached hydrogens (tertiary/aromatic N) is 1. The molecule has 4 heteroatoms. The summed E-state index contributed by atoms with van der Waals surface area (Å²) in [4.78, 5) is 2.65. The molecule has 0 unspecified atom stereocenters. The Morgan fingerprint density at radius 1 is 0.767 bits per heavy atom. The Morgan fingerprint density at radius 3 is 2.07 bits per heavy atom. The Bertz CT molecular complexity index is 746. The molecule has 0 N–H and O–H groups in total. The van der Waals surface area contributed by atoms with Crippen LogP contribution in [0.1, 0.15) is 17.5 Å². The Labute approximate surface area is 191 Å². The van der Waals surface area contributed by atoms with E-state index in [9.17, 15) is 0 Å². The first-order chi connectivity index (χ1) is 14.1. The second kappa shape index (κ2) is 10.3. The van der Waals surface area contributed by atoms with Gasteiger partial charge in [0.15, 0.2) is 0 Å². The Kier molecular flexibility index (Phi) is 8.22. The zero-order chi connectivity index (χ0) is 21.8. The van der Waals surface area contributed by atoms with Crippen LogP contribution in [0.2, 0.25) is 39.3 Å². The topological polar surface area (TPSA) is 3.24 Å². The van der Waals surface area contributed by atoms with Crippen molar-refractivity contribution >= 4 is 27.5 Å². The van der Waals surface area contributed by atoms with Crippen LogP contribution < -0.4 is 0 Å². The summed E-state index contributed by atoms with van der Waals surface area (Å²) in [5, 5.41) is 4.49. The van der Waals surface area contributed by atoms with Crippen molar-refractivity contribution in [1.82, 2.24) is 4.90 Å². The molecule has 1 saturated carbocycles. The fraction of sp³-hybridized carbons (Fsp3) is 0.423. The Morgan fingerprint density at radius 2 is 1.47 bits per heavy atom. The lowest BCUT2D eigenvalue weighted by molar-refractivity contribution is 0.269. The summed E-state index contributed by atoms with van der Waals surface area (Å²) in [6.07, 6.45) is 7.24. The van der Waals surface area contributed by atoms with Crippen molar-refractivity contribution in [1.29, 1.82) is 0 Å². The van der Waals surface area contributed by atoms with Gasteiger partial charge in [-0.05, 0) is 77.2 Å². The zero-order valence-electron chi connectivity index (χ0n) is 19.7. The molecule has 0 spiro atoms. The molecule has 0 aliphatic heterocycles. The lowest BCUT2D eigenvalue weighted by Gasteiger charge is -2.39. The van der Waals surface area contributed by atoms with Gasteiger partial charge >= 0.3 is 0 Å². The molecule has 1 fully saturated rings. The second-order valence-corrected chi connectivity index (χ2v) is 21.4. The van der Waals surface area contributed by atoms with E-state index < -0.39 is 16.1 Å². The van der Waals surface area contributed by atoms with Crippen LogP contribution in [0.4, 0.5) is 0 Å². The van der Waals surface area contributed by atoms with E-state index in [1.165, 1.54) is 17.5 Å².